The maximum Gasteiger partial charge on any atom is 0.244 e. The van der Waals surface area contributed by atoms with Crippen molar-refractivity contribution in [1.82, 2.24) is 10.3 Å². The van der Waals surface area contributed by atoms with Crippen LogP contribution >= 0.6 is 11.3 Å². The Balaban J connectivity index is 2.61. The summed E-state index contributed by atoms with van der Waals surface area (Å²) in [6.45, 7) is 4.53. The number of aromatic nitrogens is 1. The molecule has 1 aromatic rings. The van der Waals surface area contributed by atoms with Gasteiger partial charge in [0, 0.05) is 17.6 Å². The predicted molar refractivity (Wildman–Crippen MR) is 63.1 cm³/mol. The number of hydrogen-bond donors (Lipinski definition) is 1. The number of aryl methyl sites for hydroxylation is 1. The van der Waals surface area contributed by atoms with Crippen LogP contribution in [0.5, 0.6) is 0 Å². The number of nitrogens with one attached hydrogen (secondary N) is 1. The Kier molecular flexibility index (Phi) is 4.93. The van der Waals surface area contributed by atoms with E-state index >= 15 is 0 Å². The standard InChI is InChI=1S/C11H15N3OS/c1-3-4-5-13-10(15)9(6-12)11-14-8(2)7-16-11/h7,9H,3-5H2,1-2H3,(H,13,15)/t9-/m0/s1. The quantitative estimate of drug-likeness (QED) is 0.796. The Morgan fingerprint density at radius 1 is 1.75 bits per heavy atom. The molecule has 4 nitrogen and oxygen atoms in total. The lowest BCUT2D eigenvalue weighted by Gasteiger charge is -2.06. The first kappa shape index (κ1) is 12.7. The summed E-state index contributed by atoms with van der Waals surface area (Å²) >= 11 is 1.36. The van der Waals surface area contributed by atoms with Gasteiger partial charge in [-0.05, 0) is 13.3 Å². The second-order valence-electron chi connectivity index (χ2n) is 3.53. The van der Waals surface area contributed by atoms with Crippen molar-refractivity contribution in [2.75, 3.05) is 6.54 Å². The van der Waals surface area contributed by atoms with E-state index in [1.54, 1.807) is 0 Å². The summed E-state index contributed by atoms with van der Waals surface area (Å²) in [6.07, 6.45) is 1.95. The van der Waals surface area contributed by atoms with E-state index in [4.69, 9.17) is 5.26 Å². The third-order valence-corrected chi connectivity index (χ3v) is 3.13. The van der Waals surface area contributed by atoms with Gasteiger partial charge in [-0.3, -0.25) is 4.79 Å². The first-order chi connectivity index (χ1) is 7.69. The van der Waals surface area contributed by atoms with Crippen molar-refractivity contribution in [1.29, 1.82) is 5.26 Å². The molecular formula is C11H15N3OS. The molecule has 1 aromatic heterocycles. The van der Waals surface area contributed by atoms with Gasteiger partial charge in [-0.1, -0.05) is 13.3 Å². The van der Waals surface area contributed by atoms with Crippen LogP contribution in [-0.2, 0) is 4.79 Å². The van der Waals surface area contributed by atoms with Gasteiger partial charge in [-0.2, -0.15) is 5.26 Å². The average Bonchev–Trinajstić information content (AvgIpc) is 2.66. The van der Waals surface area contributed by atoms with Crippen LogP contribution in [0.1, 0.15) is 36.4 Å². The number of rotatable bonds is 5. The Morgan fingerprint density at radius 2 is 2.50 bits per heavy atom. The Bertz CT molecular complexity index is 394. The molecule has 0 saturated heterocycles. The minimum atomic E-state index is -0.768. The molecule has 0 saturated carbocycles. The fraction of sp³-hybridized carbons (Fsp3) is 0.545. The van der Waals surface area contributed by atoms with Crippen LogP contribution in [-0.4, -0.2) is 17.4 Å². The van der Waals surface area contributed by atoms with Gasteiger partial charge >= 0.3 is 0 Å². The Labute approximate surface area is 99.3 Å². The first-order valence-electron chi connectivity index (χ1n) is 5.28. The molecule has 16 heavy (non-hydrogen) atoms. The molecule has 1 atom stereocenters. The third-order valence-electron chi connectivity index (χ3n) is 2.10. The maximum atomic E-state index is 11.7. The summed E-state index contributed by atoms with van der Waals surface area (Å²) in [5.74, 6) is -1.01. The smallest absolute Gasteiger partial charge is 0.244 e. The Morgan fingerprint density at radius 3 is 3.00 bits per heavy atom. The lowest BCUT2D eigenvalue weighted by molar-refractivity contribution is -0.121. The van der Waals surface area contributed by atoms with Gasteiger partial charge in [0.05, 0.1) is 6.07 Å². The number of nitriles is 1. The van der Waals surface area contributed by atoms with Gasteiger partial charge in [-0.15, -0.1) is 11.3 Å². The molecule has 1 heterocycles. The van der Waals surface area contributed by atoms with Crippen molar-refractivity contribution in [2.45, 2.75) is 32.6 Å². The van der Waals surface area contributed by atoms with E-state index in [1.807, 2.05) is 18.4 Å². The summed E-state index contributed by atoms with van der Waals surface area (Å²) in [4.78, 5) is 15.9. The highest BCUT2D eigenvalue weighted by molar-refractivity contribution is 7.09. The van der Waals surface area contributed by atoms with Crippen LogP contribution in [0.2, 0.25) is 0 Å². The van der Waals surface area contributed by atoms with Crippen molar-refractivity contribution in [3.8, 4) is 6.07 Å². The van der Waals surface area contributed by atoms with Gasteiger partial charge < -0.3 is 5.32 Å². The molecule has 0 bridgehead atoms. The molecule has 0 unspecified atom stereocenters. The van der Waals surface area contributed by atoms with Crippen LogP contribution in [0.15, 0.2) is 5.38 Å². The molecular weight excluding hydrogens is 222 g/mol. The largest absolute Gasteiger partial charge is 0.355 e. The van der Waals surface area contributed by atoms with Crippen molar-refractivity contribution in [2.24, 2.45) is 0 Å². The molecule has 86 valence electrons. The third kappa shape index (κ3) is 3.31. The highest BCUT2D eigenvalue weighted by atomic mass is 32.1. The molecule has 0 aliphatic carbocycles. The van der Waals surface area contributed by atoms with Crippen molar-refractivity contribution < 1.29 is 4.79 Å². The van der Waals surface area contributed by atoms with Crippen molar-refractivity contribution in [3.63, 3.8) is 0 Å². The molecule has 5 heteroatoms. The summed E-state index contributed by atoms with van der Waals surface area (Å²) in [6, 6.07) is 1.99. The summed E-state index contributed by atoms with van der Waals surface area (Å²) in [5, 5.41) is 14.1. The van der Waals surface area contributed by atoms with E-state index < -0.39 is 5.92 Å². The number of nitrogens with zero attached hydrogens (tertiary/aromatic N) is 2. The second-order valence-corrected chi connectivity index (χ2v) is 4.42. The molecule has 1 rings (SSSR count). The van der Waals surface area contributed by atoms with E-state index in [0.717, 1.165) is 18.5 Å². The fourth-order valence-electron chi connectivity index (χ4n) is 1.22. The zero-order valence-corrected chi connectivity index (χ0v) is 10.3. The second kappa shape index (κ2) is 6.23. The van der Waals surface area contributed by atoms with E-state index in [-0.39, 0.29) is 5.91 Å². The van der Waals surface area contributed by atoms with Gasteiger partial charge in [0.1, 0.15) is 5.01 Å². The SMILES string of the molecule is CCCCNC(=O)[C@H](C#N)c1nc(C)cs1. The number of thiazole rings is 1. The van der Waals surface area contributed by atoms with Crippen LogP contribution in [0.4, 0.5) is 0 Å². The highest BCUT2D eigenvalue weighted by Crippen LogP contribution is 2.19. The topological polar surface area (TPSA) is 65.8 Å². The van der Waals surface area contributed by atoms with E-state index in [9.17, 15) is 4.79 Å². The molecule has 1 amide bonds. The zero-order valence-electron chi connectivity index (χ0n) is 9.49. The maximum absolute atomic E-state index is 11.7. The normalized spacial score (nSPS) is 11.8. The lowest BCUT2D eigenvalue weighted by atomic mass is 10.1. The van der Waals surface area contributed by atoms with E-state index in [0.29, 0.717) is 11.6 Å². The predicted octanol–water partition coefficient (Wildman–Crippen LogP) is 1.98. The summed E-state index contributed by atoms with van der Waals surface area (Å²) < 4.78 is 0. The first-order valence-corrected chi connectivity index (χ1v) is 6.16. The molecule has 0 spiro atoms. The lowest BCUT2D eigenvalue weighted by Crippen LogP contribution is -2.29. The number of hydrogen-bond acceptors (Lipinski definition) is 4. The zero-order chi connectivity index (χ0) is 12.0. The van der Waals surface area contributed by atoms with Gasteiger partial charge in [0.2, 0.25) is 5.91 Å². The number of amides is 1. The van der Waals surface area contributed by atoms with Gasteiger partial charge in [0.15, 0.2) is 5.92 Å². The van der Waals surface area contributed by atoms with Crippen molar-refractivity contribution >= 4 is 17.2 Å². The minimum absolute atomic E-state index is 0.245. The average molecular weight is 237 g/mol. The van der Waals surface area contributed by atoms with Crippen molar-refractivity contribution in [3.05, 3.63) is 16.1 Å². The van der Waals surface area contributed by atoms with Crippen LogP contribution < -0.4 is 5.32 Å². The Hall–Kier alpha value is -1.41. The van der Waals surface area contributed by atoms with Crippen LogP contribution in [0, 0.1) is 18.3 Å². The van der Waals surface area contributed by atoms with Crippen LogP contribution in [0.3, 0.4) is 0 Å². The monoisotopic (exact) mass is 237 g/mol. The molecule has 0 fully saturated rings. The van der Waals surface area contributed by atoms with Gasteiger partial charge in [0.25, 0.3) is 0 Å². The molecule has 0 aliphatic rings. The number of carbonyl (C=O) groups excluding carboxylic acids is 1. The molecule has 0 aromatic carbocycles. The number of carbonyl (C=O) groups is 1. The summed E-state index contributed by atoms with van der Waals surface area (Å²) in [5.41, 5.74) is 0.849. The summed E-state index contributed by atoms with van der Waals surface area (Å²) in [7, 11) is 0. The molecule has 0 radical (unpaired) electrons. The van der Waals surface area contributed by atoms with Gasteiger partial charge in [-0.25, -0.2) is 4.98 Å². The molecule has 1 N–H and O–H groups in total. The fourth-order valence-corrected chi connectivity index (χ4v) is 2.06. The minimum Gasteiger partial charge on any atom is -0.355 e. The highest BCUT2D eigenvalue weighted by Gasteiger charge is 2.22. The number of unbranched alkanes of at least 4 members (excludes halogenated alkanes) is 1. The van der Waals surface area contributed by atoms with E-state index in [2.05, 4.69) is 17.2 Å². The molecule has 0 aliphatic heterocycles. The van der Waals surface area contributed by atoms with E-state index in [1.165, 1.54) is 11.3 Å². The van der Waals surface area contributed by atoms with Crippen LogP contribution in [0.25, 0.3) is 0 Å².